The number of thioether (sulfide) groups is 1. The highest BCUT2D eigenvalue weighted by atomic mass is 35.5. The lowest BCUT2D eigenvalue weighted by molar-refractivity contribution is 1.33. The zero-order valence-corrected chi connectivity index (χ0v) is 8.12. The first-order valence-corrected chi connectivity index (χ1v) is 4.99. The number of hydrogen-bond acceptors (Lipinski definition) is 3. The predicted molar refractivity (Wildman–Crippen MR) is 53.1 cm³/mol. The summed E-state index contributed by atoms with van der Waals surface area (Å²) in [5.74, 6) is 0. The summed E-state index contributed by atoms with van der Waals surface area (Å²) in [6, 6.07) is 3.35. The zero-order valence-electron chi connectivity index (χ0n) is 6.54. The van der Waals surface area contributed by atoms with Gasteiger partial charge in [-0.2, -0.15) is 11.8 Å². The minimum Gasteiger partial charge on any atom is -0.397 e. The van der Waals surface area contributed by atoms with E-state index >= 15 is 0 Å². The molecule has 62 valence electrons. The molecule has 0 spiro atoms. The summed E-state index contributed by atoms with van der Waals surface area (Å²) < 4.78 is 0. The molecule has 0 aliphatic carbocycles. The Morgan fingerprint density at radius 2 is 2.00 bits per heavy atom. The highest BCUT2D eigenvalue weighted by Crippen LogP contribution is 2.04. The molecule has 0 unspecified atom stereocenters. The summed E-state index contributed by atoms with van der Waals surface area (Å²) in [5.41, 5.74) is 5.94. The lowest BCUT2D eigenvalue weighted by atomic mass is 10.4. The molecule has 0 saturated carbocycles. The molecule has 2 N–H and O–H groups in total. The van der Waals surface area contributed by atoms with Crippen LogP contribution in [-0.4, -0.2) is 17.5 Å². The number of nitrogens with two attached hydrogens (primary N) is 1. The van der Waals surface area contributed by atoms with Gasteiger partial charge in [-0.15, -0.1) is 0 Å². The first-order valence-electron chi connectivity index (χ1n) is 2.98. The highest BCUT2D eigenvalue weighted by molar-refractivity contribution is 7.97. The van der Waals surface area contributed by atoms with Crippen molar-refractivity contribution >= 4 is 29.1 Å². The van der Waals surface area contributed by atoms with Gasteiger partial charge in [-0.05, 0) is 24.6 Å². The average Bonchev–Trinajstić information content (AvgIpc) is 1.97. The molecule has 2 nitrogen and oxygen atoms in total. The normalized spacial score (nSPS) is 8.27. The Hall–Kier alpha value is -0.410. The third kappa shape index (κ3) is 6.01. The SMILES string of the molecule is CSC.Nc1ccc(Cl)nc1. The Morgan fingerprint density at radius 3 is 2.27 bits per heavy atom. The van der Waals surface area contributed by atoms with Crippen molar-refractivity contribution in [2.75, 3.05) is 18.2 Å². The van der Waals surface area contributed by atoms with Crippen molar-refractivity contribution in [3.8, 4) is 0 Å². The summed E-state index contributed by atoms with van der Waals surface area (Å²) in [6.07, 6.45) is 5.60. The van der Waals surface area contributed by atoms with Crippen LogP contribution in [0.2, 0.25) is 5.15 Å². The molecule has 1 aromatic heterocycles. The molecule has 0 fully saturated rings. The Balaban J connectivity index is 0.000000292. The third-order valence-electron chi connectivity index (χ3n) is 0.750. The largest absolute Gasteiger partial charge is 0.397 e. The van der Waals surface area contributed by atoms with E-state index in [1.807, 2.05) is 12.5 Å². The summed E-state index contributed by atoms with van der Waals surface area (Å²) in [7, 11) is 0. The van der Waals surface area contributed by atoms with Crippen LogP contribution in [0.3, 0.4) is 0 Å². The number of nitrogens with zero attached hydrogens (tertiary/aromatic N) is 1. The van der Waals surface area contributed by atoms with Crippen LogP contribution in [0, 0.1) is 0 Å². The van der Waals surface area contributed by atoms with Crippen LogP contribution < -0.4 is 5.73 Å². The molecule has 0 radical (unpaired) electrons. The number of hydrogen-bond donors (Lipinski definition) is 1. The van der Waals surface area contributed by atoms with Gasteiger partial charge in [0.2, 0.25) is 0 Å². The molecule has 0 saturated heterocycles. The van der Waals surface area contributed by atoms with E-state index in [0.717, 1.165) is 0 Å². The monoisotopic (exact) mass is 190 g/mol. The van der Waals surface area contributed by atoms with E-state index in [-0.39, 0.29) is 0 Å². The number of pyridine rings is 1. The van der Waals surface area contributed by atoms with Gasteiger partial charge in [0.1, 0.15) is 5.15 Å². The van der Waals surface area contributed by atoms with Gasteiger partial charge >= 0.3 is 0 Å². The van der Waals surface area contributed by atoms with Crippen molar-refractivity contribution < 1.29 is 0 Å². The molecule has 1 heterocycles. The summed E-state index contributed by atoms with van der Waals surface area (Å²) in [6.45, 7) is 0. The van der Waals surface area contributed by atoms with Crippen molar-refractivity contribution in [3.63, 3.8) is 0 Å². The fourth-order valence-corrected chi connectivity index (χ4v) is 0.499. The van der Waals surface area contributed by atoms with Gasteiger partial charge < -0.3 is 5.73 Å². The molecular formula is C7H11ClN2S. The second-order valence-electron chi connectivity index (χ2n) is 1.82. The maximum atomic E-state index is 5.44. The Kier molecular flexibility index (Phi) is 6.07. The lowest BCUT2D eigenvalue weighted by Crippen LogP contribution is -1.83. The quantitative estimate of drug-likeness (QED) is 0.639. The topological polar surface area (TPSA) is 38.9 Å². The predicted octanol–water partition coefficient (Wildman–Crippen LogP) is 2.30. The second-order valence-corrected chi connectivity index (χ2v) is 3.03. The van der Waals surface area contributed by atoms with E-state index in [0.29, 0.717) is 10.8 Å². The lowest BCUT2D eigenvalue weighted by Gasteiger charge is -1.87. The van der Waals surface area contributed by atoms with Crippen molar-refractivity contribution in [1.82, 2.24) is 4.98 Å². The number of aromatic nitrogens is 1. The smallest absolute Gasteiger partial charge is 0.129 e. The molecule has 11 heavy (non-hydrogen) atoms. The van der Waals surface area contributed by atoms with Crippen LogP contribution in [0.5, 0.6) is 0 Å². The minimum atomic E-state index is 0.471. The zero-order chi connectivity index (χ0) is 8.69. The first-order chi connectivity index (χ1) is 5.20. The van der Waals surface area contributed by atoms with Crippen LogP contribution in [-0.2, 0) is 0 Å². The van der Waals surface area contributed by atoms with E-state index in [1.54, 1.807) is 23.9 Å². The van der Waals surface area contributed by atoms with Crippen molar-refractivity contribution in [2.45, 2.75) is 0 Å². The van der Waals surface area contributed by atoms with Gasteiger partial charge in [0.05, 0.1) is 11.9 Å². The van der Waals surface area contributed by atoms with Crippen LogP contribution >= 0.6 is 23.4 Å². The number of rotatable bonds is 0. The first kappa shape index (κ1) is 10.6. The van der Waals surface area contributed by atoms with E-state index in [9.17, 15) is 0 Å². The maximum Gasteiger partial charge on any atom is 0.129 e. The van der Waals surface area contributed by atoms with Gasteiger partial charge in [-0.25, -0.2) is 4.98 Å². The molecule has 1 aromatic rings. The van der Waals surface area contributed by atoms with Crippen LogP contribution in [0.15, 0.2) is 18.3 Å². The van der Waals surface area contributed by atoms with Gasteiger partial charge in [-0.3, -0.25) is 0 Å². The maximum absolute atomic E-state index is 5.44. The van der Waals surface area contributed by atoms with Crippen LogP contribution in [0.4, 0.5) is 5.69 Å². The third-order valence-corrected chi connectivity index (χ3v) is 0.974. The second kappa shape index (κ2) is 6.31. The van der Waals surface area contributed by atoms with Crippen molar-refractivity contribution in [2.24, 2.45) is 0 Å². The number of anilines is 1. The van der Waals surface area contributed by atoms with E-state index < -0.39 is 0 Å². The Bertz CT molecular complexity index is 167. The Morgan fingerprint density at radius 1 is 1.45 bits per heavy atom. The van der Waals surface area contributed by atoms with Gasteiger partial charge in [0.25, 0.3) is 0 Å². The molecule has 0 atom stereocenters. The molecule has 0 aliphatic rings. The molecule has 0 aromatic carbocycles. The van der Waals surface area contributed by atoms with Gasteiger partial charge in [0, 0.05) is 0 Å². The molecular weight excluding hydrogens is 180 g/mol. The Labute approximate surface area is 76.2 Å². The summed E-state index contributed by atoms with van der Waals surface area (Å²) in [4.78, 5) is 3.72. The van der Waals surface area contributed by atoms with E-state index in [1.165, 1.54) is 6.20 Å². The molecule has 1 rings (SSSR count). The molecule has 4 heteroatoms. The fourth-order valence-electron chi connectivity index (χ4n) is 0.387. The minimum absolute atomic E-state index is 0.471. The van der Waals surface area contributed by atoms with Crippen LogP contribution in [0.1, 0.15) is 0 Å². The fraction of sp³-hybridized carbons (Fsp3) is 0.286. The van der Waals surface area contributed by atoms with Crippen molar-refractivity contribution in [1.29, 1.82) is 0 Å². The molecule has 0 aliphatic heterocycles. The van der Waals surface area contributed by atoms with Gasteiger partial charge in [0.15, 0.2) is 0 Å². The van der Waals surface area contributed by atoms with E-state index in [4.69, 9.17) is 17.3 Å². The van der Waals surface area contributed by atoms with Crippen LogP contribution in [0.25, 0.3) is 0 Å². The number of halogens is 1. The number of nitrogen functional groups attached to an aromatic ring is 1. The highest BCUT2D eigenvalue weighted by Gasteiger charge is 1.83. The van der Waals surface area contributed by atoms with Crippen molar-refractivity contribution in [3.05, 3.63) is 23.5 Å². The molecule has 0 bridgehead atoms. The average molecular weight is 191 g/mol. The van der Waals surface area contributed by atoms with Gasteiger partial charge in [-0.1, -0.05) is 11.6 Å². The standard InChI is InChI=1S/C5H5ClN2.C2H6S/c6-5-2-1-4(7)3-8-5;1-3-2/h1-3H,7H2;1-2H3. The molecule has 0 amide bonds. The summed E-state index contributed by atoms with van der Waals surface area (Å²) >= 11 is 7.19. The summed E-state index contributed by atoms with van der Waals surface area (Å²) in [5, 5.41) is 0.471. The van der Waals surface area contributed by atoms with E-state index in [2.05, 4.69) is 4.98 Å².